The number of benzene rings is 1. The van der Waals surface area contributed by atoms with Crippen LogP contribution in [0.5, 0.6) is 0 Å². The maximum Gasteiger partial charge on any atom is 0.340 e. The fourth-order valence-corrected chi connectivity index (χ4v) is 8.05. The lowest BCUT2D eigenvalue weighted by Gasteiger charge is -2.52. The molecule has 38 heavy (non-hydrogen) atoms. The fourth-order valence-electron chi connectivity index (χ4n) is 8.05. The molecule has 0 amide bonds. The van der Waals surface area contributed by atoms with Crippen molar-refractivity contribution < 1.29 is 34.1 Å². The molecule has 4 aliphatic rings. The number of nitrogens with one attached hydrogen (secondary N) is 1. The highest BCUT2D eigenvalue weighted by Crippen LogP contribution is 2.77. The molecule has 2 saturated carbocycles. The smallest absolute Gasteiger partial charge is 0.340 e. The quantitative estimate of drug-likeness (QED) is 0.397. The van der Waals surface area contributed by atoms with Crippen LogP contribution in [-0.4, -0.2) is 58.9 Å². The lowest BCUT2D eigenvalue weighted by molar-refractivity contribution is -0.207. The van der Waals surface area contributed by atoms with Gasteiger partial charge in [0.1, 0.15) is 6.10 Å². The number of aliphatic hydroxyl groups excluding tert-OH is 1. The van der Waals surface area contributed by atoms with Gasteiger partial charge in [0.2, 0.25) is 0 Å². The minimum Gasteiger partial charge on any atom is -0.454 e. The second-order valence-corrected chi connectivity index (χ2v) is 11.9. The number of carbonyl (C=O) groups excluding carboxylic acids is 3. The second kappa shape index (κ2) is 8.78. The minimum absolute atomic E-state index is 0.0426. The summed E-state index contributed by atoms with van der Waals surface area (Å²) >= 11 is 0. The van der Waals surface area contributed by atoms with Gasteiger partial charge in [0, 0.05) is 54.7 Å². The van der Waals surface area contributed by atoms with Crippen LogP contribution >= 0.6 is 0 Å². The van der Waals surface area contributed by atoms with Gasteiger partial charge in [-0.1, -0.05) is 45.1 Å². The summed E-state index contributed by atoms with van der Waals surface area (Å²) in [5, 5.41) is 25.9. The molecule has 0 spiro atoms. The predicted octanol–water partition coefficient (Wildman–Crippen LogP) is 3.29. The van der Waals surface area contributed by atoms with Crippen LogP contribution in [0.1, 0.15) is 51.4 Å². The average molecular weight is 524 g/mol. The number of aliphatic hydroxyl groups is 2. The monoisotopic (exact) mass is 523 g/mol. The topological polar surface area (TPSA) is 122 Å². The van der Waals surface area contributed by atoms with E-state index in [1.54, 1.807) is 32.2 Å². The molecule has 0 aliphatic heterocycles. The third kappa shape index (κ3) is 3.39. The number of fused-ring (bicyclic) bond motifs is 5. The molecule has 0 aromatic heterocycles. The number of anilines is 1. The van der Waals surface area contributed by atoms with Crippen LogP contribution in [0.2, 0.25) is 0 Å². The molecule has 8 atom stereocenters. The first kappa shape index (κ1) is 26.6. The molecule has 8 nitrogen and oxygen atoms in total. The summed E-state index contributed by atoms with van der Waals surface area (Å²) in [5.41, 5.74) is -1.13. The third-order valence-electron chi connectivity index (χ3n) is 9.85. The van der Waals surface area contributed by atoms with Gasteiger partial charge in [-0.3, -0.25) is 9.59 Å². The summed E-state index contributed by atoms with van der Waals surface area (Å²) in [7, 11) is 1.71. The highest BCUT2D eigenvalue weighted by molar-refractivity contribution is 6.00. The Labute approximate surface area is 223 Å². The van der Waals surface area contributed by atoms with Crippen molar-refractivity contribution in [2.45, 2.75) is 58.3 Å². The first-order chi connectivity index (χ1) is 17.9. The molecule has 6 unspecified atom stereocenters. The van der Waals surface area contributed by atoms with E-state index in [0.717, 1.165) is 0 Å². The minimum atomic E-state index is -1.48. The van der Waals surface area contributed by atoms with Crippen LogP contribution in [0.25, 0.3) is 0 Å². The summed E-state index contributed by atoms with van der Waals surface area (Å²) in [6, 6.07) is 6.98. The zero-order valence-corrected chi connectivity index (χ0v) is 22.8. The zero-order valence-electron chi connectivity index (χ0n) is 22.8. The van der Waals surface area contributed by atoms with Gasteiger partial charge in [-0.15, -0.1) is 0 Å². The Hall–Kier alpha value is -2.97. The van der Waals surface area contributed by atoms with Gasteiger partial charge in [0.25, 0.3) is 0 Å². The van der Waals surface area contributed by atoms with Crippen LogP contribution in [0.4, 0.5) is 5.69 Å². The van der Waals surface area contributed by atoms with Gasteiger partial charge in [-0.2, -0.15) is 0 Å². The summed E-state index contributed by atoms with van der Waals surface area (Å²) < 4.78 is 12.3. The van der Waals surface area contributed by atoms with E-state index in [-0.39, 0.29) is 12.4 Å². The molecule has 1 aromatic carbocycles. The molecule has 8 heteroatoms. The van der Waals surface area contributed by atoms with Crippen molar-refractivity contribution in [3.63, 3.8) is 0 Å². The molecule has 2 fully saturated rings. The van der Waals surface area contributed by atoms with E-state index in [4.69, 9.17) is 9.47 Å². The Morgan fingerprint density at radius 2 is 1.84 bits per heavy atom. The van der Waals surface area contributed by atoms with Crippen molar-refractivity contribution in [1.82, 2.24) is 0 Å². The fraction of sp³-hybridized carbons (Fsp3) is 0.567. The molecule has 0 saturated heterocycles. The van der Waals surface area contributed by atoms with E-state index in [2.05, 4.69) is 5.32 Å². The van der Waals surface area contributed by atoms with E-state index in [1.165, 1.54) is 6.92 Å². The predicted molar refractivity (Wildman–Crippen MR) is 140 cm³/mol. The first-order valence-corrected chi connectivity index (χ1v) is 13.3. The number of ether oxygens (including phenoxy) is 2. The molecule has 5 rings (SSSR count). The molecule has 0 bridgehead atoms. The Morgan fingerprint density at radius 3 is 2.47 bits per heavy atom. The second-order valence-electron chi connectivity index (χ2n) is 11.9. The number of rotatable bonds is 5. The number of esters is 2. The maximum absolute atomic E-state index is 13.6. The van der Waals surface area contributed by atoms with Gasteiger partial charge in [-0.25, -0.2) is 4.79 Å². The van der Waals surface area contributed by atoms with Crippen LogP contribution in [-0.2, 0) is 19.1 Å². The van der Waals surface area contributed by atoms with Crippen molar-refractivity contribution >= 4 is 23.4 Å². The number of Topliss-reactive ketones (excluding diaryl/α,β-unsaturated/α-hetero) is 1. The summed E-state index contributed by atoms with van der Waals surface area (Å²) in [6.45, 7) is 8.58. The van der Waals surface area contributed by atoms with Crippen LogP contribution in [0.15, 0.2) is 47.6 Å². The highest BCUT2D eigenvalue weighted by Gasteiger charge is 2.87. The normalized spacial score (nSPS) is 38.5. The molecule has 0 radical (unpaired) electrons. The Balaban J connectivity index is 1.67. The SMILES string of the molecule is CNc1ccccc1C(=O)OC1C(C)[C@]2(O)C3C=C(C)C(=O)C3CC(CO)=CC2C2C(C)(C)[C@]12OC(C)=O. The molecular formula is C30H37NO7. The van der Waals surface area contributed by atoms with Crippen molar-refractivity contribution in [2.75, 3.05) is 19.0 Å². The molecule has 204 valence electrons. The van der Waals surface area contributed by atoms with Gasteiger partial charge in [-0.05, 0) is 36.6 Å². The lowest BCUT2D eigenvalue weighted by atomic mass is 9.60. The Morgan fingerprint density at radius 1 is 1.16 bits per heavy atom. The highest BCUT2D eigenvalue weighted by atomic mass is 16.6. The van der Waals surface area contributed by atoms with Gasteiger partial charge >= 0.3 is 11.9 Å². The summed E-state index contributed by atoms with van der Waals surface area (Å²) in [4.78, 5) is 39.3. The molecule has 4 aliphatic carbocycles. The third-order valence-corrected chi connectivity index (χ3v) is 9.85. The zero-order chi connectivity index (χ0) is 27.8. The van der Waals surface area contributed by atoms with Gasteiger partial charge in [0.15, 0.2) is 11.4 Å². The number of carbonyl (C=O) groups is 3. The van der Waals surface area contributed by atoms with Crippen LogP contribution in [0, 0.1) is 35.0 Å². The standard InChI is InChI=1S/C30H37NO7/c1-15-11-21-20(24(15)34)12-18(14-32)13-22-25-28(4,5)30(25,38-17(3)33)26(16(2)29(21,22)36)37-27(35)19-9-7-8-10-23(19)31-6/h7-11,13,16,20-22,25-26,31-32,36H,12,14H2,1-6H3/t16?,20?,21?,22?,25?,26?,29-,30+/m0/s1. The van der Waals surface area contributed by atoms with E-state index < -0.39 is 64.2 Å². The van der Waals surface area contributed by atoms with Crippen molar-refractivity contribution in [3.05, 3.63) is 53.1 Å². The van der Waals surface area contributed by atoms with Crippen LogP contribution < -0.4 is 5.32 Å². The molecule has 1 aromatic rings. The summed E-state index contributed by atoms with van der Waals surface area (Å²) in [5.74, 6) is -3.82. The number of hydrogen-bond acceptors (Lipinski definition) is 8. The molecule has 0 heterocycles. The van der Waals surface area contributed by atoms with E-state index >= 15 is 0 Å². The van der Waals surface area contributed by atoms with E-state index in [9.17, 15) is 24.6 Å². The Kier molecular flexibility index (Phi) is 6.15. The van der Waals surface area contributed by atoms with Crippen LogP contribution in [0.3, 0.4) is 0 Å². The van der Waals surface area contributed by atoms with E-state index in [1.807, 2.05) is 39.0 Å². The van der Waals surface area contributed by atoms with Crippen molar-refractivity contribution in [3.8, 4) is 0 Å². The largest absolute Gasteiger partial charge is 0.454 e. The average Bonchev–Trinajstić information content (AvgIpc) is 3.27. The number of allylic oxidation sites excluding steroid dienone is 1. The van der Waals surface area contributed by atoms with Crippen molar-refractivity contribution in [1.29, 1.82) is 0 Å². The first-order valence-electron chi connectivity index (χ1n) is 13.3. The summed E-state index contributed by atoms with van der Waals surface area (Å²) in [6.07, 6.45) is 3.09. The lowest BCUT2D eigenvalue weighted by Crippen LogP contribution is -2.63. The molecule has 3 N–H and O–H groups in total. The maximum atomic E-state index is 13.6. The number of para-hydroxylation sites is 1. The Bertz CT molecular complexity index is 1260. The molecular weight excluding hydrogens is 486 g/mol. The van der Waals surface area contributed by atoms with Crippen molar-refractivity contribution in [2.24, 2.45) is 35.0 Å². The van der Waals surface area contributed by atoms with Gasteiger partial charge in [0.05, 0.1) is 17.8 Å². The number of hydrogen-bond donors (Lipinski definition) is 3. The van der Waals surface area contributed by atoms with E-state index in [0.29, 0.717) is 28.8 Å². The van der Waals surface area contributed by atoms with Gasteiger partial charge < -0.3 is 25.0 Å². The number of ketones is 1.